The van der Waals surface area contributed by atoms with E-state index in [0.717, 1.165) is 17.0 Å². The zero-order valence-electron chi connectivity index (χ0n) is 13.1. The Kier molecular flexibility index (Phi) is 4.43. The number of benzene rings is 1. The van der Waals surface area contributed by atoms with Gasteiger partial charge in [0.2, 0.25) is 0 Å². The van der Waals surface area contributed by atoms with Gasteiger partial charge in [-0.05, 0) is 45.5 Å². The summed E-state index contributed by atoms with van der Waals surface area (Å²) in [6.07, 6.45) is 2.08. The molecule has 1 fully saturated rings. The summed E-state index contributed by atoms with van der Waals surface area (Å²) in [4.78, 5) is 0. The second-order valence-corrected chi connectivity index (χ2v) is 6.96. The first-order chi connectivity index (χ1) is 9.30. The summed E-state index contributed by atoms with van der Waals surface area (Å²) >= 11 is 1.77. The van der Waals surface area contributed by atoms with E-state index < -0.39 is 0 Å². The average molecular weight is 294 g/mol. The predicted octanol–water partition coefficient (Wildman–Crippen LogP) is 2.86. The third kappa shape index (κ3) is 2.85. The first-order valence-corrected chi connectivity index (χ1v) is 8.21. The van der Waals surface area contributed by atoms with Crippen LogP contribution < -0.4 is 10.2 Å². The third-order valence-electron chi connectivity index (χ3n) is 4.13. The van der Waals surface area contributed by atoms with Crippen molar-refractivity contribution in [2.75, 3.05) is 13.4 Å². The summed E-state index contributed by atoms with van der Waals surface area (Å²) in [5.41, 5.74) is 1.61. The molecule has 20 heavy (non-hydrogen) atoms. The van der Waals surface area contributed by atoms with Crippen LogP contribution in [0.5, 0.6) is 5.75 Å². The molecule has 0 N–H and O–H groups in total. The highest BCUT2D eigenvalue weighted by Gasteiger charge is 2.51. The van der Waals surface area contributed by atoms with Gasteiger partial charge in [0.25, 0.3) is 0 Å². The van der Waals surface area contributed by atoms with Crippen molar-refractivity contribution in [1.29, 1.82) is 0 Å². The minimum atomic E-state index is -0.313. The Morgan fingerprint density at radius 1 is 1.15 bits per heavy atom. The Labute approximate surface area is 126 Å². The summed E-state index contributed by atoms with van der Waals surface area (Å²) < 4.78 is 17.6. The van der Waals surface area contributed by atoms with Crippen LogP contribution in [0.2, 0.25) is 0 Å². The van der Waals surface area contributed by atoms with Crippen LogP contribution >= 0.6 is 11.8 Å². The van der Waals surface area contributed by atoms with Crippen LogP contribution in [0.3, 0.4) is 0 Å². The van der Waals surface area contributed by atoms with Gasteiger partial charge in [-0.1, -0.05) is 12.1 Å². The smallest absolute Gasteiger partial charge is 0.494 e. The second kappa shape index (κ2) is 5.62. The largest absolute Gasteiger partial charge is 0.496 e. The van der Waals surface area contributed by atoms with Crippen LogP contribution in [-0.4, -0.2) is 31.7 Å². The van der Waals surface area contributed by atoms with E-state index in [9.17, 15) is 0 Å². The lowest BCUT2D eigenvalue weighted by Crippen LogP contribution is -2.41. The van der Waals surface area contributed by atoms with E-state index in [-0.39, 0.29) is 18.3 Å². The molecule has 0 atom stereocenters. The molecule has 1 aliphatic rings. The van der Waals surface area contributed by atoms with E-state index in [1.165, 1.54) is 5.56 Å². The maximum atomic E-state index is 6.09. The molecule has 1 aliphatic heterocycles. The molecule has 0 bridgehead atoms. The minimum Gasteiger partial charge on any atom is -0.496 e. The predicted molar refractivity (Wildman–Crippen MR) is 85.9 cm³/mol. The van der Waals surface area contributed by atoms with Crippen LogP contribution in [0.4, 0.5) is 0 Å². The van der Waals surface area contributed by atoms with E-state index in [1.807, 2.05) is 12.1 Å². The van der Waals surface area contributed by atoms with Crippen molar-refractivity contribution in [2.24, 2.45) is 0 Å². The number of rotatable bonds is 4. The normalized spacial score (nSPS) is 20.2. The molecule has 2 rings (SSSR count). The lowest BCUT2D eigenvalue weighted by atomic mass is 9.78. The summed E-state index contributed by atoms with van der Waals surface area (Å²) in [5.74, 6) is 1.83. The van der Waals surface area contributed by atoms with Gasteiger partial charge in [-0.25, -0.2) is 0 Å². The SMILES string of the molecule is COc1ccc(B2OC(C)(C)C(C)(C)O2)cc1CSC. The lowest BCUT2D eigenvalue weighted by Gasteiger charge is -2.32. The molecule has 0 radical (unpaired) electrons. The highest BCUT2D eigenvalue weighted by atomic mass is 32.2. The van der Waals surface area contributed by atoms with Crippen molar-refractivity contribution in [3.05, 3.63) is 23.8 Å². The number of methoxy groups -OCH3 is 1. The lowest BCUT2D eigenvalue weighted by molar-refractivity contribution is 0.00578. The van der Waals surface area contributed by atoms with Crippen LogP contribution in [0.25, 0.3) is 0 Å². The zero-order valence-corrected chi connectivity index (χ0v) is 14.0. The third-order valence-corrected chi connectivity index (χ3v) is 4.73. The Morgan fingerprint density at radius 2 is 1.75 bits per heavy atom. The molecule has 5 heteroatoms. The Balaban J connectivity index is 2.29. The van der Waals surface area contributed by atoms with Crippen molar-refractivity contribution in [3.8, 4) is 5.75 Å². The first kappa shape index (κ1) is 15.7. The molecule has 110 valence electrons. The molecule has 3 nitrogen and oxygen atoms in total. The molecular weight excluding hydrogens is 271 g/mol. The van der Waals surface area contributed by atoms with Gasteiger partial charge in [0, 0.05) is 11.3 Å². The minimum absolute atomic E-state index is 0.308. The summed E-state index contributed by atoms with van der Waals surface area (Å²) in [6.45, 7) is 8.28. The van der Waals surface area contributed by atoms with E-state index in [1.54, 1.807) is 18.9 Å². The highest BCUT2D eigenvalue weighted by molar-refractivity contribution is 7.97. The molecule has 0 unspecified atom stereocenters. The molecule has 1 saturated heterocycles. The molecular formula is C15H23BO3S. The van der Waals surface area contributed by atoms with Gasteiger partial charge in [0.15, 0.2) is 0 Å². The van der Waals surface area contributed by atoms with Crippen molar-refractivity contribution in [1.82, 2.24) is 0 Å². The van der Waals surface area contributed by atoms with Gasteiger partial charge in [0.1, 0.15) is 5.75 Å². The van der Waals surface area contributed by atoms with Crippen molar-refractivity contribution >= 4 is 24.3 Å². The Hall–Kier alpha value is -0.645. The van der Waals surface area contributed by atoms with Crippen molar-refractivity contribution in [2.45, 2.75) is 44.6 Å². The summed E-state index contributed by atoms with van der Waals surface area (Å²) in [7, 11) is 1.39. The highest BCUT2D eigenvalue weighted by Crippen LogP contribution is 2.36. The van der Waals surface area contributed by atoms with Gasteiger partial charge in [0.05, 0.1) is 18.3 Å². The first-order valence-electron chi connectivity index (χ1n) is 6.82. The molecule has 0 saturated carbocycles. The van der Waals surface area contributed by atoms with E-state index in [0.29, 0.717) is 0 Å². The monoisotopic (exact) mass is 294 g/mol. The standard InChI is InChI=1S/C15H23BO3S/c1-14(2)15(3,4)19-16(18-14)12-7-8-13(17-5)11(9-12)10-20-6/h7-9H,10H2,1-6H3. The number of hydrogen-bond acceptors (Lipinski definition) is 4. The van der Waals surface area contributed by atoms with Crippen LogP contribution in [0.15, 0.2) is 18.2 Å². The van der Waals surface area contributed by atoms with Crippen LogP contribution in [-0.2, 0) is 15.1 Å². The fraction of sp³-hybridized carbons (Fsp3) is 0.600. The second-order valence-electron chi connectivity index (χ2n) is 6.09. The molecule has 0 spiro atoms. The quantitative estimate of drug-likeness (QED) is 0.798. The van der Waals surface area contributed by atoms with Gasteiger partial charge in [-0.2, -0.15) is 11.8 Å². The summed E-state index contributed by atoms with van der Waals surface area (Å²) in [5, 5.41) is 0. The molecule has 0 amide bonds. The molecule has 1 aromatic carbocycles. The van der Waals surface area contributed by atoms with Gasteiger partial charge in [-0.3, -0.25) is 0 Å². The Morgan fingerprint density at radius 3 is 2.25 bits per heavy atom. The number of ether oxygens (including phenoxy) is 1. The summed E-state index contributed by atoms with van der Waals surface area (Å²) in [6, 6.07) is 6.13. The maximum absolute atomic E-state index is 6.09. The maximum Gasteiger partial charge on any atom is 0.494 e. The van der Waals surface area contributed by atoms with Gasteiger partial charge in [-0.15, -0.1) is 0 Å². The van der Waals surface area contributed by atoms with Crippen molar-refractivity contribution in [3.63, 3.8) is 0 Å². The fourth-order valence-electron chi connectivity index (χ4n) is 2.19. The van der Waals surface area contributed by atoms with Gasteiger partial charge >= 0.3 is 7.12 Å². The fourth-order valence-corrected chi connectivity index (χ4v) is 2.73. The topological polar surface area (TPSA) is 27.7 Å². The number of thioether (sulfide) groups is 1. The van der Waals surface area contributed by atoms with Crippen LogP contribution in [0, 0.1) is 0 Å². The Bertz CT molecular complexity index is 472. The van der Waals surface area contributed by atoms with Crippen molar-refractivity contribution < 1.29 is 14.0 Å². The number of hydrogen-bond donors (Lipinski definition) is 0. The van der Waals surface area contributed by atoms with Gasteiger partial charge < -0.3 is 14.0 Å². The van der Waals surface area contributed by atoms with E-state index >= 15 is 0 Å². The van der Waals surface area contributed by atoms with E-state index in [4.69, 9.17) is 14.0 Å². The molecule has 1 heterocycles. The molecule has 0 aliphatic carbocycles. The van der Waals surface area contributed by atoms with E-state index in [2.05, 4.69) is 40.0 Å². The van der Waals surface area contributed by atoms with Crippen LogP contribution in [0.1, 0.15) is 33.3 Å². The average Bonchev–Trinajstić information content (AvgIpc) is 2.59. The molecule has 0 aromatic heterocycles. The molecule has 1 aromatic rings. The zero-order chi connectivity index (χ0) is 15.0.